The fraction of sp³-hybridized carbons (Fsp3) is 0.600. The molecule has 3 heteroatoms. The lowest BCUT2D eigenvalue weighted by atomic mass is 9.88. The van der Waals surface area contributed by atoms with Gasteiger partial charge in [0, 0.05) is 6.54 Å². The molecule has 0 aliphatic carbocycles. The van der Waals surface area contributed by atoms with Crippen molar-refractivity contribution in [1.29, 1.82) is 0 Å². The van der Waals surface area contributed by atoms with Crippen molar-refractivity contribution in [1.82, 2.24) is 5.32 Å². The largest absolute Gasteiger partial charge is 0.493 e. The first-order valence-corrected chi connectivity index (χ1v) is 6.59. The molecule has 1 unspecified atom stereocenters. The van der Waals surface area contributed by atoms with E-state index >= 15 is 0 Å². The summed E-state index contributed by atoms with van der Waals surface area (Å²) in [6.45, 7) is 8.09. The number of ether oxygens (including phenoxy) is 2. The molecule has 1 atom stereocenters. The SMILES string of the molecule is CCOc1cc(C(CNC)C(C)C)ccc1OC. The maximum Gasteiger partial charge on any atom is 0.161 e. The minimum atomic E-state index is 0.486. The van der Waals surface area contributed by atoms with Gasteiger partial charge in [0.1, 0.15) is 0 Å². The van der Waals surface area contributed by atoms with Crippen molar-refractivity contribution in [2.75, 3.05) is 27.3 Å². The van der Waals surface area contributed by atoms with Crippen LogP contribution in [0, 0.1) is 5.92 Å². The third-order valence-electron chi connectivity index (χ3n) is 3.14. The van der Waals surface area contributed by atoms with Gasteiger partial charge in [0.25, 0.3) is 0 Å². The van der Waals surface area contributed by atoms with Crippen molar-refractivity contribution in [3.05, 3.63) is 23.8 Å². The number of hydrogen-bond donors (Lipinski definition) is 1. The molecule has 1 N–H and O–H groups in total. The molecule has 102 valence electrons. The van der Waals surface area contributed by atoms with Crippen LogP contribution in [0.4, 0.5) is 0 Å². The first kappa shape index (κ1) is 14.8. The molecule has 1 aromatic rings. The summed E-state index contributed by atoms with van der Waals surface area (Å²) >= 11 is 0. The summed E-state index contributed by atoms with van der Waals surface area (Å²) in [5, 5.41) is 3.26. The highest BCUT2D eigenvalue weighted by molar-refractivity contribution is 5.44. The number of hydrogen-bond acceptors (Lipinski definition) is 3. The highest BCUT2D eigenvalue weighted by Crippen LogP contribution is 2.33. The Kier molecular flexibility index (Phi) is 5.99. The van der Waals surface area contributed by atoms with Crippen LogP contribution < -0.4 is 14.8 Å². The Labute approximate surface area is 110 Å². The van der Waals surface area contributed by atoms with E-state index in [0.29, 0.717) is 18.4 Å². The summed E-state index contributed by atoms with van der Waals surface area (Å²) < 4.78 is 10.9. The van der Waals surface area contributed by atoms with Gasteiger partial charge in [-0.3, -0.25) is 0 Å². The molecule has 0 aliphatic rings. The number of benzene rings is 1. The van der Waals surface area contributed by atoms with Crippen LogP contribution in [0.2, 0.25) is 0 Å². The average Bonchev–Trinajstić information content (AvgIpc) is 2.36. The molecule has 0 bridgehead atoms. The molecule has 1 aromatic carbocycles. The van der Waals surface area contributed by atoms with E-state index in [9.17, 15) is 0 Å². The minimum Gasteiger partial charge on any atom is -0.493 e. The monoisotopic (exact) mass is 251 g/mol. The molecule has 3 nitrogen and oxygen atoms in total. The smallest absolute Gasteiger partial charge is 0.161 e. The molecule has 0 amide bonds. The molecular weight excluding hydrogens is 226 g/mol. The molecule has 1 rings (SSSR count). The van der Waals surface area contributed by atoms with Crippen molar-refractivity contribution < 1.29 is 9.47 Å². The van der Waals surface area contributed by atoms with Crippen LogP contribution in [0.3, 0.4) is 0 Å². The number of rotatable bonds is 7. The number of methoxy groups -OCH3 is 1. The summed E-state index contributed by atoms with van der Waals surface area (Å²) in [6.07, 6.45) is 0. The van der Waals surface area contributed by atoms with Crippen LogP contribution in [-0.4, -0.2) is 27.3 Å². The second-order valence-electron chi connectivity index (χ2n) is 4.75. The molecule has 0 aliphatic heterocycles. The second kappa shape index (κ2) is 7.27. The van der Waals surface area contributed by atoms with Gasteiger partial charge >= 0.3 is 0 Å². The van der Waals surface area contributed by atoms with Crippen molar-refractivity contribution in [3.63, 3.8) is 0 Å². The zero-order valence-electron chi connectivity index (χ0n) is 12.1. The Morgan fingerprint density at radius 3 is 2.44 bits per heavy atom. The third kappa shape index (κ3) is 3.64. The van der Waals surface area contributed by atoms with Crippen molar-refractivity contribution >= 4 is 0 Å². The van der Waals surface area contributed by atoms with Gasteiger partial charge < -0.3 is 14.8 Å². The van der Waals surface area contributed by atoms with E-state index in [4.69, 9.17) is 9.47 Å². The fourth-order valence-corrected chi connectivity index (χ4v) is 2.15. The Hall–Kier alpha value is -1.22. The minimum absolute atomic E-state index is 0.486. The summed E-state index contributed by atoms with van der Waals surface area (Å²) in [4.78, 5) is 0. The van der Waals surface area contributed by atoms with Crippen LogP contribution in [0.5, 0.6) is 11.5 Å². The number of nitrogens with one attached hydrogen (secondary N) is 1. The molecule has 0 heterocycles. The maximum atomic E-state index is 5.63. The summed E-state index contributed by atoms with van der Waals surface area (Å²) in [7, 11) is 3.66. The molecule has 18 heavy (non-hydrogen) atoms. The van der Waals surface area contributed by atoms with Gasteiger partial charge in [-0.05, 0) is 43.5 Å². The Balaban J connectivity index is 3.04. The van der Waals surface area contributed by atoms with E-state index in [-0.39, 0.29) is 0 Å². The summed E-state index contributed by atoms with van der Waals surface area (Å²) in [6, 6.07) is 6.22. The lowest BCUT2D eigenvalue weighted by Gasteiger charge is -2.22. The Bertz CT molecular complexity index is 364. The predicted molar refractivity (Wildman–Crippen MR) is 75.7 cm³/mol. The summed E-state index contributed by atoms with van der Waals surface area (Å²) in [5.74, 6) is 2.70. The third-order valence-corrected chi connectivity index (χ3v) is 3.14. The van der Waals surface area contributed by atoms with Crippen LogP contribution in [0.1, 0.15) is 32.3 Å². The molecular formula is C15H25NO2. The molecule has 0 radical (unpaired) electrons. The lowest BCUT2D eigenvalue weighted by molar-refractivity contribution is 0.310. The fourth-order valence-electron chi connectivity index (χ4n) is 2.15. The average molecular weight is 251 g/mol. The van der Waals surface area contributed by atoms with Crippen molar-refractivity contribution in [2.24, 2.45) is 5.92 Å². The molecule has 0 spiro atoms. The Morgan fingerprint density at radius 2 is 1.94 bits per heavy atom. The van der Waals surface area contributed by atoms with Crippen LogP contribution >= 0.6 is 0 Å². The highest BCUT2D eigenvalue weighted by Gasteiger charge is 2.17. The normalized spacial score (nSPS) is 12.6. The topological polar surface area (TPSA) is 30.5 Å². The zero-order valence-corrected chi connectivity index (χ0v) is 12.1. The summed E-state index contributed by atoms with van der Waals surface area (Å²) in [5.41, 5.74) is 1.30. The zero-order chi connectivity index (χ0) is 13.5. The van der Waals surface area contributed by atoms with Crippen molar-refractivity contribution in [3.8, 4) is 11.5 Å². The van der Waals surface area contributed by atoms with E-state index in [1.807, 2.05) is 20.0 Å². The lowest BCUT2D eigenvalue weighted by Crippen LogP contribution is -2.21. The standard InChI is InChI=1S/C15H25NO2/c1-6-18-15-9-12(7-8-14(15)17-5)13(10-16-4)11(2)3/h7-9,11,13,16H,6,10H2,1-5H3. The Morgan fingerprint density at radius 1 is 1.22 bits per heavy atom. The van der Waals surface area contributed by atoms with Gasteiger partial charge in [0.2, 0.25) is 0 Å². The van der Waals surface area contributed by atoms with E-state index in [1.165, 1.54) is 5.56 Å². The van der Waals surface area contributed by atoms with Crippen LogP contribution in [-0.2, 0) is 0 Å². The van der Waals surface area contributed by atoms with Gasteiger partial charge in [0.15, 0.2) is 11.5 Å². The van der Waals surface area contributed by atoms with Gasteiger partial charge in [-0.25, -0.2) is 0 Å². The van der Waals surface area contributed by atoms with E-state index in [1.54, 1.807) is 7.11 Å². The van der Waals surface area contributed by atoms with Gasteiger partial charge in [0.05, 0.1) is 13.7 Å². The van der Waals surface area contributed by atoms with Gasteiger partial charge in [-0.1, -0.05) is 19.9 Å². The van der Waals surface area contributed by atoms with Crippen LogP contribution in [0.25, 0.3) is 0 Å². The van der Waals surface area contributed by atoms with Crippen LogP contribution in [0.15, 0.2) is 18.2 Å². The van der Waals surface area contributed by atoms with Gasteiger partial charge in [-0.2, -0.15) is 0 Å². The second-order valence-corrected chi connectivity index (χ2v) is 4.75. The van der Waals surface area contributed by atoms with Gasteiger partial charge in [-0.15, -0.1) is 0 Å². The molecule has 0 fully saturated rings. The van der Waals surface area contributed by atoms with E-state index in [0.717, 1.165) is 18.0 Å². The predicted octanol–water partition coefficient (Wildman–Crippen LogP) is 3.05. The first-order valence-electron chi connectivity index (χ1n) is 6.59. The first-order chi connectivity index (χ1) is 8.63. The quantitative estimate of drug-likeness (QED) is 0.808. The maximum absolute atomic E-state index is 5.63. The van der Waals surface area contributed by atoms with E-state index < -0.39 is 0 Å². The van der Waals surface area contributed by atoms with E-state index in [2.05, 4.69) is 31.3 Å². The highest BCUT2D eigenvalue weighted by atomic mass is 16.5. The molecule has 0 saturated carbocycles. The number of likely N-dealkylation sites (N-methyl/N-ethyl adjacent to an activating group) is 1. The van der Waals surface area contributed by atoms with Crippen molar-refractivity contribution in [2.45, 2.75) is 26.7 Å². The molecule has 0 aromatic heterocycles. The molecule has 0 saturated heterocycles.